The molecule has 3 atom stereocenters. The summed E-state index contributed by atoms with van der Waals surface area (Å²) in [6, 6.07) is 0. The Morgan fingerprint density at radius 1 is 1.50 bits per heavy atom. The second-order valence-corrected chi connectivity index (χ2v) is 3.01. The lowest BCUT2D eigenvalue weighted by molar-refractivity contribution is -0.222. The monoisotopic (exact) mass is 184 g/mol. The van der Waals surface area contributed by atoms with Gasteiger partial charge in [0.1, 0.15) is 0 Å². The van der Waals surface area contributed by atoms with Gasteiger partial charge in [0.15, 0.2) is 6.10 Å². The first-order chi connectivity index (χ1) is 5.43. The first kappa shape index (κ1) is 9.80. The van der Waals surface area contributed by atoms with Crippen LogP contribution in [0.1, 0.15) is 13.3 Å². The number of alkyl halides is 3. The molecular weight excluding hydrogens is 173 g/mol. The van der Waals surface area contributed by atoms with Gasteiger partial charge < -0.3 is 9.84 Å². The molecule has 5 heteroatoms. The van der Waals surface area contributed by atoms with E-state index in [4.69, 9.17) is 9.84 Å². The molecule has 1 aliphatic heterocycles. The summed E-state index contributed by atoms with van der Waals surface area (Å²) in [5.41, 5.74) is 0. The van der Waals surface area contributed by atoms with Gasteiger partial charge in [0.25, 0.3) is 0 Å². The van der Waals surface area contributed by atoms with Crippen LogP contribution in [0.4, 0.5) is 13.2 Å². The standard InChI is InChI=1S/C7H11F3O2/c1-4-5(2-3-12-4)6(11)7(8,9)10/h4-6,11H,2-3H2,1H3. The van der Waals surface area contributed by atoms with E-state index in [1.54, 1.807) is 6.92 Å². The number of halogens is 3. The second kappa shape index (κ2) is 3.22. The van der Waals surface area contributed by atoms with Crippen molar-refractivity contribution >= 4 is 0 Å². The van der Waals surface area contributed by atoms with Crippen LogP contribution in [0.3, 0.4) is 0 Å². The van der Waals surface area contributed by atoms with Gasteiger partial charge in [-0.15, -0.1) is 0 Å². The molecule has 1 fully saturated rings. The molecule has 1 N–H and O–H groups in total. The van der Waals surface area contributed by atoms with Crippen LogP contribution in [0.2, 0.25) is 0 Å². The van der Waals surface area contributed by atoms with Gasteiger partial charge in [0.05, 0.1) is 6.10 Å². The molecule has 1 heterocycles. The molecule has 12 heavy (non-hydrogen) atoms. The predicted molar refractivity (Wildman–Crippen MR) is 35.6 cm³/mol. The molecule has 0 amide bonds. The van der Waals surface area contributed by atoms with Crippen molar-refractivity contribution in [1.29, 1.82) is 0 Å². The van der Waals surface area contributed by atoms with E-state index in [0.29, 0.717) is 6.61 Å². The van der Waals surface area contributed by atoms with Crippen molar-refractivity contribution < 1.29 is 23.0 Å². The number of ether oxygens (including phenoxy) is 1. The van der Waals surface area contributed by atoms with Gasteiger partial charge in [-0.2, -0.15) is 13.2 Å². The number of aliphatic hydroxyl groups is 1. The second-order valence-electron chi connectivity index (χ2n) is 3.01. The third-order valence-electron chi connectivity index (χ3n) is 2.18. The fourth-order valence-electron chi connectivity index (χ4n) is 1.41. The highest BCUT2D eigenvalue weighted by Crippen LogP contribution is 2.33. The maximum absolute atomic E-state index is 12.0. The summed E-state index contributed by atoms with van der Waals surface area (Å²) in [5.74, 6) is -0.801. The van der Waals surface area contributed by atoms with Crippen molar-refractivity contribution in [2.75, 3.05) is 6.61 Å². The van der Waals surface area contributed by atoms with Gasteiger partial charge in [-0.1, -0.05) is 0 Å². The van der Waals surface area contributed by atoms with Crippen molar-refractivity contribution in [3.63, 3.8) is 0 Å². The molecule has 1 rings (SSSR count). The Kier molecular flexibility index (Phi) is 2.63. The van der Waals surface area contributed by atoms with Crippen LogP contribution < -0.4 is 0 Å². The Labute approximate surface area is 68.3 Å². The molecule has 0 bridgehead atoms. The van der Waals surface area contributed by atoms with E-state index >= 15 is 0 Å². The molecule has 0 aromatic carbocycles. The van der Waals surface area contributed by atoms with Crippen LogP contribution in [-0.4, -0.2) is 30.1 Å². The van der Waals surface area contributed by atoms with Crippen molar-refractivity contribution in [3.05, 3.63) is 0 Å². The number of hydrogen-bond donors (Lipinski definition) is 1. The van der Waals surface area contributed by atoms with Gasteiger partial charge in [-0.05, 0) is 13.3 Å². The molecule has 1 aliphatic rings. The Hall–Kier alpha value is -0.290. The van der Waals surface area contributed by atoms with Gasteiger partial charge in [-0.3, -0.25) is 0 Å². The van der Waals surface area contributed by atoms with Gasteiger partial charge in [-0.25, -0.2) is 0 Å². The minimum atomic E-state index is -4.52. The molecule has 0 spiro atoms. The molecule has 0 aromatic rings. The summed E-state index contributed by atoms with van der Waals surface area (Å²) in [6.07, 6.45) is -6.98. The molecule has 3 unspecified atom stereocenters. The molecule has 2 nitrogen and oxygen atoms in total. The van der Waals surface area contributed by atoms with Crippen LogP contribution in [0.5, 0.6) is 0 Å². The highest BCUT2D eigenvalue weighted by molar-refractivity contribution is 4.83. The normalized spacial score (nSPS) is 33.8. The number of aliphatic hydroxyl groups excluding tert-OH is 1. The lowest BCUT2D eigenvalue weighted by Gasteiger charge is -2.22. The summed E-state index contributed by atoms with van der Waals surface area (Å²) in [4.78, 5) is 0. The van der Waals surface area contributed by atoms with E-state index < -0.39 is 24.3 Å². The van der Waals surface area contributed by atoms with Crippen molar-refractivity contribution in [2.24, 2.45) is 5.92 Å². The highest BCUT2D eigenvalue weighted by atomic mass is 19.4. The lowest BCUT2D eigenvalue weighted by atomic mass is 9.95. The molecule has 0 aliphatic carbocycles. The zero-order valence-electron chi connectivity index (χ0n) is 6.64. The highest BCUT2D eigenvalue weighted by Gasteiger charge is 2.46. The maximum Gasteiger partial charge on any atom is 0.414 e. The molecule has 0 saturated carbocycles. The first-order valence-electron chi connectivity index (χ1n) is 3.79. The summed E-state index contributed by atoms with van der Waals surface area (Å²) >= 11 is 0. The van der Waals surface area contributed by atoms with E-state index in [1.807, 2.05) is 0 Å². The molecular formula is C7H11F3O2. The van der Waals surface area contributed by atoms with E-state index in [2.05, 4.69) is 0 Å². The van der Waals surface area contributed by atoms with Crippen LogP contribution in [0, 0.1) is 5.92 Å². The van der Waals surface area contributed by atoms with Crippen LogP contribution in [-0.2, 0) is 4.74 Å². The van der Waals surface area contributed by atoms with E-state index in [0.717, 1.165) is 0 Å². The number of rotatable bonds is 1. The largest absolute Gasteiger partial charge is 0.414 e. The Morgan fingerprint density at radius 3 is 2.42 bits per heavy atom. The first-order valence-corrected chi connectivity index (χ1v) is 3.79. The summed E-state index contributed by atoms with van der Waals surface area (Å²) in [5, 5.41) is 8.85. The average Bonchev–Trinajstić information content (AvgIpc) is 2.31. The van der Waals surface area contributed by atoms with Crippen molar-refractivity contribution in [3.8, 4) is 0 Å². The third-order valence-corrected chi connectivity index (χ3v) is 2.18. The van der Waals surface area contributed by atoms with E-state index in [9.17, 15) is 13.2 Å². The van der Waals surface area contributed by atoms with Crippen molar-refractivity contribution in [1.82, 2.24) is 0 Å². The fourth-order valence-corrected chi connectivity index (χ4v) is 1.41. The van der Waals surface area contributed by atoms with Gasteiger partial charge in [0, 0.05) is 12.5 Å². The molecule has 1 saturated heterocycles. The Balaban J connectivity index is 2.57. The summed E-state index contributed by atoms with van der Waals surface area (Å²) in [6.45, 7) is 1.85. The zero-order valence-corrected chi connectivity index (χ0v) is 6.64. The molecule has 0 radical (unpaired) electrons. The van der Waals surface area contributed by atoms with Gasteiger partial charge >= 0.3 is 6.18 Å². The fraction of sp³-hybridized carbons (Fsp3) is 1.00. The SMILES string of the molecule is CC1OCCC1C(O)C(F)(F)F. The zero-order chi connectivity index (χ0) is 9.35. The van der Waals surface area contributed by atoms with Crippen molar-refractivity contribution in [2.45, 2.75) is 31.7 Å². The Bertz CT molecular complexity index is 157. The van der Waals surface area contributed by atoms with E-state index in [-0.39, 0.29) is 6.42 Å². The Morgan fingerprint density at radius 2 is 2.08 bits per heavy atom. The summed E-state index contributed by atoms with van der Waals surface area (Å²) < 4.78 is 40.8. The lowest BCUT2D eigenvalue weighted by Crippen LogP contribution is -2.38. The number of hydrogen-bond acceptors (Lipinski definition) is 2. The topological polar surface area (TPSA) is 29.5 Å². The minimum Gasteiger partial charge on any atom is -0.383 e. The average molecular weight is 184 g/mol. The van der Waals surface area contributed by atoms with Gasteiger partial charge in [0.2, 0.25) is 0 Å². The van der Waals surface area contributed by atoms with Crippen LogP contribution in [0.25, 0.3) is 0 Å². The molecule has 72 valence electrons. The minimum absolute atomic E-state index is 0.280. The maximum atomic E-state index is 12.0. The van der Waals surface area contributed by atoms with Crippen LogP contribution >= 0.6 is 0 Å². The quantitative estimate of drug-likeness (QED) is 0.666. The van der Waals surface area contributed by atoms with E-state index in [1.165, 1.54) is 0 Å². The predicted octanol–water partition coefficient (Wildman–Crippen LogP) is 1.33. The molecule has 0 aromatic heterocycles. The third kappa shape index (κ3) is 1.90. The van der Waals surface area contributed by atoms with Crippen LogP contribution in [0.15, 0.2) is 0 Å². The smallest absolute Gasteiger partial charge is 0.383 e. The summed E-state index contributed by atoms with van der Waals surface area (Å²) in [7, 11) is 0.